The van der Waals surface area contributed by atoms with Crippen molar-refractivity contribution in [2.24, 2.45) is 0 Å². The van der Waals surface area contributed by atoms with Gasteiger partial charge in [-0.2, -0.15) is 0 Å². The molecule has 1 aliphatic rings. The maximum atomic E-state index is 12.9. The maximum Gasteiger partial charge on any atom is 0.270 e. The third-order valence-electron chi connectivity index (χ3n) is 3.65. The number of hydrogen-bond donors (Lipinski definition) is 1. The predicted octanol–water partition coefficient (Wildman–Crippen LogP) is 3.94. The number of ether oxygens (including phenoxy) is 1. The van der Waals surface area contributed by atoms with E-state index in [1.54, 1.807) is 36.4 Å². The summed E-state index contributed by atoms with van der Waals surface area (Å²) in [5.41, 5.74) is 1.10. The molecule has 132 valence electrons. The summed E-state index contributed by atoms with van der Waals surface area (Å²) < 4.78 is 5.89. The molecular weight excluding hydrogens is 440 g/mol. The lowest BCUT2D eigenvalue weighted by Gasteiger charge is -2.29. The van der Waals surface area contributed by atoms with E-state index in [2.05, 4.69) is 21.2 Å². The molecule has 8 heteroatoms. The van der Waals surface area contributed by atoms with E-state index in [4.69, 9.17) is 28.6 Å². The molecule has 0 saturated carbocycles. The van der Waals surface area contributed by atoms with Crippen molar-refractivity contribution in [3.05, 3.63) is 63.1 Å². The van der Waals surface area contributed by atoms with E-state index in [0.29, 0.717) is 22.0 Å². The lowest BCUT2D eigenvalue weighted by atomic mass is 10.1. The molecule has 2 aromatic rings. The van der Waals surface area contributed by atoms with Crippen LogP contribution in [0.1, 0.15) is 5.56 Å². The van der Waals surface area contributed by atoms with Crippen LogP contribution in [0.2, 0.25) is 5.02 Å². The average Bonchev–Trinajstić information content (AvgIpc) is 2.58. The van der Waals surface area contributed by atoms with Gasteiger partial charge in [-0.25, -0.2) is 0 Å². The van der Waals surface area contributed by atoms with E-state index in [-0.39, 0.29) is 10.7 Å². The Morgan fingerprint density at radius 2 is 2.00 bits per heavy atom. The minimum Gasteiger partial charge on any atom is -0.495 e. The van der Waals surface area contributed by atoms with Crippen LogP contribution in [-0.2, 0) is 9.59 Å². The summed E-state index contributed by atoms with van der Waals surface area (Å²) >= 11 is 14.6. The number of amides is 2. The zero-order valence-corrected chi connectivity index (χ0v) is 16.6. The minimum atomic E-state index is -0.557. The van der Waals surface area contributed by atoms with Gasteiger partial charge in [0.05, 0.1) is 17.8 Å². The number of nitrogens with zero attached hydrogens (tertiary/aromatic N) is 1. The minimum absolute atomic E-state index is 0.0306. The normalized spacial score (nSPS) is 16.0. The van der Waals surface area contributed by atoms with Gasteiger partial charge in [-0.3, -0.25) is 19.8 Å². The quantitative estimate of drug-likeness (QED) is 0.436. The molecular formula is C18H12BrClN2O3S. The standard InChI is InChI=1S/C18H12BrClN2O3S/c1-25-15-6-5-10(8-14(15)20)7-13-16(23)21-18(26)22(17(13)24)12-4-2-3-11(19)9-12/h2-9H,1H3,(H,21,23,26)/b13-7+. The highest BCUT2D eigenvalue weighted by atomic mass is 79.9. The Morgan fingerprint density at radius 1 is 1.23 bits per heavy atom. The van der Waals surface area contributed by atoms with Crippen molar-refractivity contribution in [1.82, 2.24) is 5.32 Å². The first-order chi connectivity index (χ1) is 12.4. The third kappa shape index (κ3) is 3.65. The van der Waals surface area contributed by atoms with Gasteiger partial charge in [0.1, 0.15) is 11.3 Å². The third-order valence-corrected chi connectivity index (χ3v) is 4.73. The highest BCUT2D eigenvalue weighted by Crippen LogP contribution is 2.28. The van der Waals surface area contributed by atoms with Crippen molar-refractivity contribution in [2.45, 2.75) is 0 Å². The van der Waals surface area contributed by atoms with Gasteiger partial charge < -0.3 is 4.74 Å². The van der Waals surface area contributed by atoms with E-state index < -0.39 is 11.8 Å². The summed E-state index contributed by atoms with van der Waals surface area (Å²) in [6, 6.07) is 12.1. The van der Waals surface area contributed by atoms with Gasteiger partial charge in [-0.05, 0) is 54.2 Å². The summed E-state index contributed by atoms with van der Waals surface area (Å²) in [4.78, 5) is 26.5. The first kappa shape index (κ1) is 18.6. The fourth-order valence-corrected chi connectivity index (χ4v) is 3.38. The lowest BCUT2D eigenvalue weighted by Crippen LogP contribution is -2.54. The molecule has 0 aliphatic carbocycles. The first-order valence-corrected chi connectivity index (χ1v) is 8.99. The zero-order valence-electron chi connectivity index (χ0n) is 13.5. The van der Waals surface area contributed by atoms with Crippen LogP contribution in [0.25, 0.3) is 6.08 Å². The van der Waals surface area contributed by atoms with Crippen LogP contribution in [0, 0.1) is 0 Å². The number of methoxy groups -OCH3 is 1. The molecule has 2 amide bonds. The number of rotatable bonds is 3. The first-order valence-electron chi connectivity index (χ1n) is 7.41. The molecule has 5 nitrogen and oxygen atoms in total. The van der Waals surface area contributed by atoms with Crippen molar-refractivity contribution >= 4 is 68.4 Å². The smallest absolute Gasteiger partial charge is 0.270 e. The van der Waals surface area contributed by atoms with E-state index in [1.807, 2.05) is 6.07 Å². The highest BCUT2D eigenvalue weighted by molar-refractivity contribution is 9.10. The van der Waals surface area contributed by atoms with Crippen molar-refractivity contribution in [2.75, 3.05) is 12.0 Å². The van der Waals surface area contributed by atoms with Crippen LogP contribution in [0.4, 0.5) is 5.69 Å². The molecule has 0 bridgehead atoms. The van der Waals surface area contributed by atoms with Gasteiger partial charge in [0, 0.05) is 4.47 Å². The Kier molecular flexibility index (Phi) is 5.41. The van der Waals surface area contributed by atoms with Crippen LogP contribution in [-0.4, -0.2) is 24.0 Å². The van der Waals surface area contributed by atoms with Gasteiger partial charge >= 0.3 is 0 Å². The van der Waals surface area contributed by atoms with Gasteiger partial charge in [0.25, 0.3) is 11.8 Å². The van der Waals surface area contributed by atoms with E-state index in [0.717, 1.165) is 4.47 Å². The monoisotopic (exact) mass is 450 g/mol. The van der Waals surface area contributed by atoms with E-state index in [9.17, 15) is 9.59 Å². The lowest BCUT2D eigenvalue weighted by molar-refractivity contribution is -0.122. The molecule has 2 aromatic carbocycles. The van der Waals surface area contributed by atoms with Crippen molar-refractivity contribution in [3.8, 4) is 5.75 Å². The summed E-state index contributed by atoms with van der Waals surface area (Å²) in [7, 11) is 1.51. The van der Waals surface area contributed by atoms with Crippen LogP contribution >= 0.6 is 39.7 Å². The Balaban J connectivity index is 2.01. The molecule has 1 aliphatic heterocycles. The second-order valence-electron chi connectivity index (χ2n) is 5.33. The molecule has 0 radical (unpaired) electrons. The second-order valence-corrected chi connectivity index (χ2v) is 7.04. The number of carbonyl (C=O) groups excluding carboxylic acids is 2. The predicted molar refractivity (Wildman–Crippen MR) is 108 cm³/mol. The Morgan fingerprint density at radius 3 is 2.65 bits per heavy atom. The number of halogens is 2. The van der Waals surface area contributed by atoms with Crippen LogP contribution < -0.4 is 15.0 Å². The van der Waals surface area contributed by atoms with E-state index in [1.165, 1.54) is 18.1 Å². The van der Waals surface area contributed by atoms with Crippen molar-refractivity contribution in [3.63, 3.8) is 0 Å². The largest absolute Gasteiger partial charge is 0.495 e. The molecule has 0 unspecified atom stereocenters. The summed E-state index contributed by atoms with van der Waals surface area (Å²) in [6.45, 7) is 0. The maximum absolute atomic E-state index is 12.9. The van der Waals surface area contributed by atoms with Crippen LogP contribution in [0.5, 0.6) is 5.75 Å². The van der Waals surface area contributed by atoms with E-state index >= 15 is 0 Å². The van der Waals surface area contributed by atoms with Gasteiger partial charge in [-0.15, -0.1) is 0 Å². The molecule has 1 heterocycles. The number of thiocarbonyl (C=S) groups is 1. The number of carbonyl (C=O) groups is 2. The van der Waals surface area contributed by atoms with Gasteiger partial charge in [0.15, 0.2) is 5.11 Å². The zero-order chi connectivity index (χ0) is 18.8. The van der Waals surface area contributed by atoms with Crippen LogP contribution in [0.15, 0.2) is 52.5 Å². The fraction of sp³-hybridized carbons (Fsp3) is 0.0556. The van der Waals surface area contributed by atoms with Crippen molar-refractivity contribution in [1.29, 1.82) is 0 Å². The molecule has 0 aromatic heterocycles. The topological polar surface area (TPSA) is 58.6 Å². The SMILES string of the molecule is COc1ccc(/C=C2\C(=O)NC(=S)N(c3cccc(Br)c3)C2=O)cc1Cl. The van der Waals surface area contributed by atoms with Crippen molar-refractivity contribution < 1.29 is 14.3 Å². The molecule has 1 saturated heterocycles. The molecule has 26 heavy (non-hydrogen) atoms. The average molecular weight is 452 g/mol. The molecule has 0 atom stereocenters. The molecule has 1 fully saturated rings. The summed E-state index contributed by atoms with van der Waals surface area (Å²) in [6.07, 6.45) is 1.47. The second kappa shape index (κ2) is 7.57. The Hall–Kier alpha value is -2.22. The summed E-state index contributed by atoms with van der Waals surface area (Å²) in [5, 5.41) is 2.95. The Bertz CT molecular complexity index is 961. The van der Waals surface area contributed by atoms with Gasteiger partial charge in [0.2, 0.25) is 0 Å². The number of hydrogen-bond acceptors (Lipinski definition) is 4. The number of anilines is 1. The Labute approximate surface area is 168 Å². The highest BCUT2D eigenvalue weighted by Gasteiger charge is 2.34. The fourth-order valence-electron chi connectivity index (χ4n) is 2.45. The molecule has 3 rings (SSSR count). The summed E-state index contributed by atoms with van der Waals surface area (Å²) in [5.74, 6) is -0.563. The molecule has 0 spiro atoms. The van der Waals surface area contributed by atoms with Crippen LogP contribution in [0.3, 0.4) is 0 Å². The van der Waals surface area contributed by atoms with Gasteiger partial charge in [-0.1, -0.05) is 39.7 Å². The number of nitrogens with one attached hydrogen (secondary N) is 1. The molecule has 1 N–H and O–H groups in total. The number of benzene rings is 2.